The summed E-state index contributed by atoms with van der Waals surface area (Å²) in [6.45, 7) is 7.47. The van der Waals surface area contributed by atoms with Gasteiger partial charge < -0.3 is 9.84 Å². The van der Waals surface area contributed by atoms with Gasteiger partial charge in [-0.3, -0.25) is 0 Å². The van der Waals surface area contributed by atoms with Crippen LogP contribution in [0.1, 0.15) is 28.4 Å². The summed E-state index contributed by atoms with van der Waals surface area (Å²) in [5.74, 6) is -0.787. The molecule has 1 heterocycles. The number of pyridine rings is 1. The van der Waals surface area contributed by atoms with Gasteiger partial charge in [-0.05, 0) is 13.8 Å². The monoisotopic (exact) mass is 241 g/mol. The molecule has 1 N–H and O–H groups in total. The Balaban J connectivity index is 3.34. The van der Waals surface area contributed by atoms with Crippen molar-refractivity contribution in [3.05, 3.63) is 34.6 Å². The molecule has 0 aliphatic heterocycles. The van der Waals surface area contributed by atoms with E-state index in [9.17, 15) is 4.79 Å². The molecule has 1 aromatic rings. The Morgan fingerprint density at radius 1 is 1.69 bits per heavy atom. The van der Waals surface area contributed by atoms with Gasteiger partial charge in [0.05, 0.1) is 12.2 Å². The molecule has 0 atom stereocenters. The lowest BCUT2D eigenvalue weighted by Crippen LogP contribution is -2.07. The first kappa shape index (κ1) is 12.5. The second-order valence-electron chi connectivity index (χ2n) is 3.12. The average Bonchev–Trinajstić information content (AvgIpc) is 2.21. The van der Waals surface area contributed by atoms with Gasteiger partial charge in [0.15, 0.2) is 0 Å². The highest BCUT2D eigenvalue weighted by atomic mass is 35.5. The van der Waals surface area contributed by atoms with Gasteiger partial charge in [-0.25, -0.2) is 9.78 Å². The maximum Gasteiger partial charge on any atom is 0.336 e. The van der Waals surface area contributed by atoms with Crippen LogP contribution in [0.3, 0.4) is 0 Å². The van der Waals surface area contributed by atoms with E-state index in [4.69, 9.17) is 21.4 Å². The normalized spacial score (nSPS) is 9.94. The third-order valence-electron chi connectivity index (χ3n) is 2.09. The maximum atomic E-state index is 11.1. The third kappa shape index (κ3) is 2.33. The smallest absolute Gasteiger partial charge is 0.336 e. The molecule has 0 amide bonds. The number of carboxylic acid groups (broad SMARTS) is 1. The van der Waals surface area contributed by atoms with Gasteiger partial charge in [0, 0.05) is 17.3 Å². The Kier molecular flexibility index (Phi) is 3.90. The fourth-order valence-corrected chi connectivity index (χ4v) is 1.47. The second kappa shape index (κ2) is 4.99. The number of ether oxygens (including phenoxy) is 1. The number of rotatable bonds is 4. The van der Waals surface area contributed by atoms with Crippen LogP contribution in [-0.4, -0.2) is 22.7 Å². The van der Waals surface area contributed by atoms with E-state index in [1.807, 2.05) is 0 Å². The van der Waals surface area contributed by atoms with Crippen LogP contribution in [0.4, 0.5) is 0 Å². The van der Waals surface area contributed by atoms with Crippen LogP contribution < -0.4 is 0 Å². The Bertz CT molecular complexity index is 443. The van der Waals surface area contributed by atoms with Crippen molar-refractivity contribution < 1.29 is 14.6 Å². The number of carboxylic acids is 1. The molecule has 0 fully saturated rings. The average molecular weight is 242 g/mol. The molecular formula is C11H12ClNO3. The number of halogens is 1. The first-order valence-corrected chi connectivity index (χ1v) is 5.07. The molecular weight excluding hydrogens is 230 g/mol. The van der Waals surface area contributed by atoms with Crippen molar-refractivity contribution in [1.29, 1.82) is 0 Å². The lowest BCUT2D eigenvalue weighted by molar-refractivity contribution is 0.0695. The van der Waals surface area contributed by atoms with Crippen LogP contribution in [0.2, 0.25) is 5.15 Å². The molecule has 86 valence electrons. The van der Waals surface area contributed by atoms with E-state index >= 15 is 0 Å². The largest absolute Gasteiger partial charge is 0.494 e. The molecule has 1 rings (SSSR count). The van der Waals surface area contributed by atoms with E-state index in [0.29, 0.717) is 17.7 Å². The first-order valence-electron chi connectivity index (χ1n) is 4.69. The van der Waals surface area contributed by atoms with Crippen molar-refractivity contribution in [2.75, 3.05) is 6.61 Å². The van der Waals surface area contributed by atoms with E-state index in [0.717, 1.165) is 0 Å². The molecule has 0 unspecified atom stereocenters. The molecule has 0 radical (unpaired) electrons. The molecule has 0 aliphatic carbocycles. The molecule has 16 heavy (non-hydrogen) atoms. The first-order chi connectivity index (χ1) is 7.49. The molecule has 0 bridgehead atoms. The van der Waals surface area contributed by atoms with Gasteiger partial charge in [-0.1, -0.05) is 18.2 Å². The highest BCUT2D eigenvalue weighted by Gasteiger charge is 2.18. The summed E-state index contributed by atoms with van der Waals surface area (Å²) >= 11 is 5.77. The molecule has 5 heteroatoms. The van der Waals surface area contributed by atoms with Crippen LogP contribution >= 0.6 is 11.6 Å². The number of carbonyl (C=O) groups is 1. The van der Waals surface area contributed by atoms with Gasteiger partial charge >= 0.3 is 5.97 Å². The van der Waals surface area contributed by atoms with Gasteiger partial charge in [0.1, 0.15) is 10.9 Å². The van der Waals surface area contributed by atoms with Crippen LogP contribution in [0.5, 0.6) is 0 Å². The topological polar surface area (TPSA) is 59.4 Å². The van der Waals surface area contributed by atoms with Crippen LogP contribution in [0.15, 0.2) is 12.8 Å². The zero-order chi connectivity index (χ0) is 12.3. The van der Waals surface area contributed by atoms with Crippen LogP contribution in [0, 0.1) is 6.92 Å². The van der Waals surface area contributed by atoms with E-state index in [1.165, 1.54) is 6.20 Å². The zero-order valence-corrected chi connectivity index (χ0v) is 9.84. The van der Waals surface area contributed by atoms with E-state index < -0.39 is 5.97 Å². The van der Waals surface area contributed by atoms with Gasteiger partial charge in [-0.15, -0.1) is 0 Å². The number of aromatic nitrogens is 1. The lowest BCUT2D eigenvalue weighted by Gasteiger charge is -2.12. The van der Waals surface area contributed by atoms with Crippen LogP contribution in [-0.2, 0) is 4.74 Å². The maximum absolute atomic E-state index is 11.1. The Hall–Kier alpha value is -1.55. The number of hydrogen-bond donors (Lipinski definition) is 1. The van der Waals surface area contributed by atoms with Crippen molar-refractivity contribution in [3.8, 4) is 0 Å². The number of nitrogens with zero attached hydrogens (tertiary/aromatic N) is 1. The lowest BCUT2D eigenvalue weighted by atomic mass is 10.0. The van der Waals surface area contributed by atoms with Gasteiger partial charge in [0.2, 0.25) is 0 Å². The molecule has 0 aliphatic rings. The van der Waals surface area contributed by atoms with Crippen molar-refractivity contribution in [2.24, 2.45) is 0 Å². The summed E-state index contributed by atoms with van der Waals surface area (Å²) in [7, 11) is 0. The Morgan fingerprint density at radius 2 is 2.31 bits per heavy atom. The van der Waals surface area contributed by atoms with E-state index in [2.05, 4.69) is 11.6 Å². The standard InChI is InChI=1S/C11H12ClNO3/c1-4-16-7(3)8-5-13-10(12)6(2)9(8)11(14)15/h5H,3-4H2,1-2H3,(H,14,15). The minimum atomic E-state index is -1.07. The van der Waals surface area contributed by atoms with Crippen molar-refractivity contribution in [2.45, 2.75) is 13.8 Å². The molecule has 0 aromatic carbocycles. The van der Waals surface area contributed by atoms with Crippen molar-refractivity contribution >= 4 is 23.3 Å². The highest BCUT2D eigenvalue weighted by molar-refractivity contribution is 6.30. The molecule has 0 saturated carbocycles. The van der Waals surface area contributed by atoms with Crippen LogP contribution in [0.25, 0.3) is 5.76 Å². The summed E-state index contributed by atoms with van der Waals surface area (Å²) in [5, 5.41) is 9.28. The predicted molar refractivity (Wildman–Crippen MR) is 61.6 cm³/mol. The minimum absolute atomic E-state index is 0.0819. The Labute approximate surface area is 98.5 Å². The minimum Gasteiger partial charge on any atom is -0.494 e. The van der Waals surface area contributed by atoms with E-state index in [1.54, 1.807) is 13.8 Å². The SMILES string of the molecule is C=C(OCC)c1cnc(Cl)c(C)c1C(=O)O. The fraction of sp³-hybridized carbons (Fsp3) is 0.273. The fourth-order valence-electron chi connectivity index (χ4n) is 1.33. The quantitative estimate of drug-likeness (QED) is 0.650. The van der Waals surface area contributed by atoms with Gasteiger partial charge in [0.25, 0.3) is 0 Å². The third-order valence-corrected chi connectivity index (χ3v) is 2.47. The number of aromatic carboxylic acids is 1. The summed E-state index contributed by atoms with van der Waals surface area (Å²) in [4.78, 5) is 15.0. The molecule has 0 spiro atoms. The predicted octanol–water partition coefficient (Wildman–Crippen LogP) is 2.75. The van der Waals surface area contributed by atoms with Gasteiger partial charge in [-0.2, -0.15) is 0 Å². The van der Waals surface area contributed by atoms with Crippen molar-refractivity contribution in [1.82, 2.24) is 4.98 Å². The van der Waals surface area contributed by atoms with E-state index in [-0.39, 0.29) is 16.5 Å². The zero-order valence-electron chi connectivity index (χ0n) is 9.08. The molecule has 1 aromatic heterocycles. The number of hydrogen-bond acceptors (Lipinski definition) is 3. The second-order valence-corrected chi connectivity index (χ2v) is 3.48. The summed E-state index contributed by atoms with van der Waals surface area (Å²) in [6, 6.07) is 0. The van der Waals surface area contributed by atoms with Crippen molar-refractivity contribution in [3.63, 3.8) is 0 Å². The molecule has 4 nitrogen and oxygen atoms in total. The highest BCUT2D eigenvalue weighted by Crippen LogP contribution is 2.25. The summed E-state index contributed by atoms with van der Waals surface area (Å²) in [5.41, 5.74) is 0.849. The molecule has 0 saturated heterocycles. The Morgan fingerprint density at radius 3 is 2.81 bits per heavy atom. The summed E-state index contributed by atoms with van der Waals surface area (Å²) in [6.07, 6.45) is 1.36. The summed E-state index contributed by atoms with van der Waals surface area (Å²) < 4.78 is 5.17.